The molecule has 1 unspecified atom stereocenters. The molecule has 11 heteroatoms. The number of benzene rings is 3. The molecule has 0 radical (unpaired) electrons. The third-order valence-corrected chi connectivity index (χ3v) is 7.01. The van der Waals surface area contributed by atoms with Crippen molar-refractivity contribution in [3.8, 4) is 17.0 Å². The van der Waals surface area contributed by atoms with Gasteiger partial charge in [0.2, 0.25) is 17.7 Å². The van der Waals surface area contributed by atoms with Gasteiger partial charge < -0.3 is 31.6 Å². The fourth-order valence-corrected chi connectivity index (χ4v) is 4.71. The Labute approximate surface area is 261 Å². The molecule has 1 aromatic heterocycles. The lowest BCUT2D eigenvalue weighted by Gasteiger charge is -2.29. The van der Waals surface area contributed by atoms with Crippen molar-refractivity contribution >= 4 is 23.5 Å². The lowest BCUT2D eigenvalue weighted by Crippen LogP contribution is -2.52. The van der Waals surface area contributed by atoms with E-state index in [1.807, 2.05) is 104 Å². The average molecular weight is 606 g/mol. The van der Waals surface area contributed by atoms with Crippen molar-refractivity contribution < 1.29 is 19.1 Å². The van der Waals surface area contributed by atoms with E-state index in [4.69, 9.17) is 20.9 Å². The molecule has 2 atom stereocenters. The third kappa shape index (κ3) is 7.96. The third-order valence-electron chi connectivity index (χ3n) is 7.01. The van der Waals surface area contributed by atoms with Crippen LogP contribution < -0.4 is 32.2 Å². The van der Waals surface area contributed by atoms with E-state index in [0.29, 0.717) is 30.2 Å². The smallest absolute Gasteiger partial charge is 0.254 e. The summed E-state index contributed by atoms with van der Waals surface area (Å²) in [5.41, 5.74) is 15.5. The predicted octanol–water partition coefficient (Wildman–Crippen LogP) is 3.79. The van der Waals surface area contributed by atoms with Crippen molar-refractivity contribution in [1.82, 2.24) is 15.6 Å². The normalized spacial score (nSPS) is 14.9. The van der Waals surface area contributed by atoms with Gasteiger partial charge in [-0.1, -0.05) is 79.7 Å². The van der Waals surface area contributed by atoms with Gasteiger partial charge in [0, 0.05) is 17.4 Å². The second kappa shape index (κ2) is 14.6. The summed E-state index contributed by atoms with van der Waals surface area (Å²) >= 11 is 0. The van der Waals surface area contributed by atoms with Crippen molar-refractivity contribution in [2.45, 2.75) is 38.8 Å². The van der Waals surface area contributed by atoms with Gasteiger partial charge in [-0.05, 0) is 41.8 Å². The van der Waals surface area contributed by atoms with Gasteiger partial charge in [0.1, 0.15) is 36.3 Å². The molecule has 0 saturated heterocycles. The Morgan fingerprint density at radius 2 is 1.58 bits per heavy atom. The topological polar surface area (TPSA) is 166 Å². The van der Waals surface area contributed by atoms with Crippen LogP contribution in [0, 0.1) is 0 Å². The summed E-state index contributed by atoms with van der Waals surface area (Å²) in [5.74, 6) is -0.348. The molecule has 4 aromatic rings. The Hall–Kier alpha value is -5.84. The van der Waals surface area contributed by atoms with Gasteiger partial charge >= 0.3 is 0 Å². The number of nitrogens with two attached hydrogens (primary N) is 2. The lowest BCUT2D eigenvalue weighted by atomic mass is 10.1. The van der Waals surface area contributed by atoms with Gasteiger partial charge in [-0.2, -0.15) is 0 Å². The van der Waals surface area contributed by atoms with Crippen LogP contribution in [0.3, 0.4) is 0 Å². The van der Waals surface area contributed by atoms with E-state index in [-0.39, 0.29) is 24.0 Å². The highest BCUT2D eigenvalue weighted by Gasteiger charge is 2.31. The summed E-state index contributed by atoms with van der Waals surface area (Å²) in [5, 5.41) is 9.28. The van der Waals surface area contributed by atoms with E-state index in [2.05, 4.69) is 25.9 Å². The van der Waals surface area contributed by atoms with E-state index in [0.717, 1.165) is 16.7 Å². The first-order valence-corrected chi connectivity index (χ1v) is 14.5. The molecule has 3 aromatic carbocycles. The summed E-state index contributed by atoms with van der Waals surface area (Å²) in [6.45, 7) is 2.37. The molecule has 45 heavy (non-hydrogen) atoms. The monoisotopic (exact) mass is 605 g/mol. The number of rotatable bonds is 13. The summed E-state index contributed by atoms with van der Waals surface area (Å²) in [6, 6.07) is 29.8. The number of pyridine rings is 1. The van der Waals surface area contributed by atoms with Gasteiger partial charge in [-0.15, -0.1) is 0 Å². The SMILES string of the molecule is CCC(NC1=N[C@@H](Nc2cccc(-c3ncccc3OCc3ccccc3)c2)C(C(N)=O)=C(OCc2ccccc2)N1)C(N)=O. The van der Waals surface area contributed by atoms with Crippen LogP contribution in [0.4, 0.5) is 5.69 Å². The molecule has 7 N–H and O–H groups in total. The van der Waals surface area contributed by atoms with Gasteiger partial charge in [0.25, 0.3) is 5.91 Å². The Kier molecular flexibility index (Phi) is 9.90. The highest BCUT2D eigenvalue weighted by Crippen LogP contribution is 2.31. The number of aliphatic imine (C=N–C) groups is 1. The fourth-order valence-electron chi connectivity index (χ4n) is 4.71. The number of carbonyl (C=O) groups is 2. The lowest BCUT2D eigenvalue weighted by molar-refractivity contribution is -0.119. The number of hydrogen-bond donors (Lipinski definition) is 5. The van der Waals surface area contributed by atoms with Crippen molar-refractivity contribution in [3.63, 3.8) is 0 Å². The first kappa shape index (κ1) is 30.6. The number of guanidine groups is 1. The molecule has 5 rings (SSSR count). The Morgan fingerprint density at radius 3 is 2.22 bits per heavy atom. The van der Waals surface area contributed by atoms with E-state index in [9.17, 15) is 9.59 Å². The van der Waals surface area contributed by atoms with E-state index >= 15 is 0 Å². The minimum absolute atomic E-state index is 0.0822. The number of carbonyl (C=O) groups excluding carboxylic acids is 2. The van der Waals surface area contributed by atoms with E-state index in [1.54, 1.807) is 6.20 Å². The molecular weight excluding hydrogens is 570 g/mol. The Balaban J connectivity index is 1.44. The molecule has 0 bridgehead atoms. The van der Waals surface area contributed by atoms with Crippen LogP contribution in [-0.4, -0.2) is 35.0 Å². The van der Waals surface area contributed by atoms with Crippen LogP contribution in [-0.2, 0) is 27.5 Å². The van der Waals surface area contributed by atoms with Crippen LogP contribution in [0.25, 0.3) is 11.3 Å². The van der Waals surface area contributed by atoms with Gasteiger partial charge in [0.05, 0.1) is 0 Å². The molecule has 0 aliphatic carbocycles. The molecule has 2 heterocycles. The summed E-state index contributed by atoms with van der Waals surface area (Å²) < 4.78 is 12.2. The molecule has 1 aliphatic heterocycles. The summed E-state index contributed by atoms with van der Waals surface area (Å²) in [6.07, 6.45) is 1.16. The largest absolute Gasteiger partial charge is 0.487 e. The maximum Gasteiger partial charge on any atom is 0.254 e. The fraction of sp³-hybridized carbons (Fsp3) is 0.176. The molecular formula is C34H35N7O4. The Morgan fingerprint density at radius 1 is 0.889 bits per heavy atom. The predicted molar refractivity (Wildman–Crippen MR) is 172 cm³/mol. The minimum atomic E-state index is -0.963. The zero-order valence-corrected chi connectivity index (χ0v) is 24.8. The number of amides is 2. The molecule has 0 spiro atoms. The number of nitrogens with zero attached hydrogens (tertiary/aromatic N) is 2. The van der Waals surface area contributed by atoms with Crippen molar-refractivity contribution in [3.05, 3.63) is 126 Å². The number of hydrogen-bond acceptors (Lipinski definition) is 9. The number of aromatic nitrogens is 1. The number of anilines is 1. The van der Waals surface area contributed by atoms with Gasteiger partial charge in [-0.25, -0.2) is 4.99 Å². The van der Waals surface area contributed by atoms with Crippen LogP contribution in [0.2, 0.25) is 0 Å². The maximum absolute atomic E-state index is 12.8. The number of ether oxygens (including phenoxy) is 2. The molecule has 230 valence electrons. The zero-order valence-electron chi connectivity index (χ0n) is 24.8. The van der Waals surface area contributed by atoms with Crippen molar-refractivity contribution in [2.24, 2.45) is 16.5 Å². The first-order valence-electron chi connectivity index (χ1n) is 14.5. The molecule has 2 amide bonds. The van der Waals surface area contributed by atoms with E-state index < -0.39 is 24.0 Å². The second-order valence-electron chi connectivity index (χ2n) is 10.2. The molecule has 0 saturated carbocycles. The highest BCUT2D eigenvalue weighted by molar-refractivity contribution is 5.98. The van der Waals surface area contributed by atoms with Crippen LogP contribution in [0.1, 0.15) is 24.5 Å². The quantitative estimate of drug-likeness (QED) is 0.154. The van der Waals surface area contributed by atoms with Gasteiger partial charge in [0.15, 0.2) is 6.17 Å². The van der Waals surface area contributed by atoms with Crippen LogP contribution in [0.5, 0.6) is 5.75 Å². The van der Waals surface area contributed by atoms with Crippen molar-refractivity contribution in [2.75, 3.05) is 5.32 Å². The zero-order chi connectivity index (χ0) is 31.6. The number of nitrogens with one attached hydrogen (secondary N) is 3. The summed E-state index contributed by atoms with van der Waals surface area (Å²) in [7, 11) is 0. The molecule has 1 aliphatic rings. The first-order chi connectivity index (χ1) is 21.9. The summed E-state index contributed by atoms with van der Waals surface area (Å²) in [4.78, 5) is 34.0. The molecule has 11 nitrogen and oxygen atoms in total. The number of primary amides is 2. The Bertz CT molecular complexity index is 1690. The van der Waals surface area contributed by atoms with Crippen molar-refractivity contribution in [1.29, 1.82) is 0 Å². The maximum atomic E-state index is 12.8. The molecule has 0 fully saturated rings. The van der Waals surface area contributed by atoms with Crippen LogP contribution in [0.15, 0.2) is 120 Å². The second-order valence-corrected chi connectivity index (χ2v) is 10.2. The van der Waals surface area contributed by atoms with Gasteiger partial charge in [-0.3, -0.25) is 19.9 Å². The standard InChI is InChI=1S/C34H35N7O4/c1-2-26(30(35)42)39-34-40-32(28(31(36)43)33(41-34)45-21-23-13-7-4-8-14-23)38-25-16-9-15-24(19-25)29-27(17-10-18-37-29)44-20-22-11-5-3-6-12-22/h3-19,26,32,38H,2,20-21H2,1H3,(H2,35,42)(H2,36,43)(H2,39,40,41)/t26?,32-/m1/s1. The van der Waals surface area contributed by atoms with Crippen LogP contribution >= 0.6 is 0 Å². The average Bonchev–Trinajstić information content (AvgIpc) is 3.06. The highest BCUT2D eigenvalue weighted by atomic mass is 16.5. The minimum Gasteiger partial charge on any atom is -0.487 e. The van der Waals surface area contributed by atoms with E-state index in [1.165, 1.54) is 0 Å².